The van der Waals surface area contributed by atoms with E-state index in [1.807, 2.05) is 20.8 Å². The third kappa shape index (κ3) is 2.02. The Kier molecular flexibility index (Phi) is 2.02. The quantitative estimate of drug-likeness (QED) is 0.594. The molecule has 2 rings (SSSR count). The number of carbonyl (C=O) groups is 1. The molecule has 14 heavy (non-hydrogen) atoms. The third-order valence-electron chi connectivity index (χ3n) is 2.79. The molecule has 1 spiro atoms. The Hall–Kier alpha value is -0.730. The Morgan fingerprint density at radius 2 is 2.07 bits per heavy atom. The van der Waals surface area contributed by atoms with Crippen molar-refractivity contribution in [2.24, 2.45) is 5.41 Å². The summed E-state index contributed by atoms with van der Waals surface area (Å²) >= 11 is 0. The number of nitrogens with zero attached hydrogens (tertiary/aromatic N) is 1. The van der Waals surface area contributed by atoms with Crippen molar-refractivity contribution < 1.29 is 9.53 Å². The Morgan fingerprint density at radius 1 is 1.43 bits per heavy atom. The first-order chi connectivity index (χ1) is 6.40. The van der Waals surface area contributed by atoms with Crippen LogP contribution in [0, 0.1) is 11.8 Å². The minimum Gasteiger partial charge on any atom is -0.444 e. The highest BCUT2D eigenvalue weighted by atomic mass is 16.6. The van der Waals surface area contributed by atoms with Gasteiger partial charge < -0.3 is 9.64 Å². The van der Waals surface area contributed by atoms with Gasteiger partial charge in [0, 0.05) is 13.1 Å². The minimum atomic E-state index is -0.379. The molecular formula is C11H18NO2. The molecule has 1 saturated heterocycles. The van der Waals surface area contributed by atoms with Crippen LogP contribution in [0.5, 0.6) is 0 Å². The van der Waals surface area contributed by atoms with E-state index in [4.69, 9.17) is 4.74 Å². The van der Waals surface area contributed by atoms with Crippen LogP contribution in [-0.2, 0) is 4.74 Å². The number of carbonyl (C=O) groups excluding carboxylic acids is 1. The summed E-state index contributed by atoms with van der Waals surface area (Å²) in [6, 6.07) is 0. The van der Waals surface area contributed by atoms with E-state index in [0.717, 1.165) is 13.1 Å². The molecule has 2 aliphatic rings. The van der Waals surface area contributed by atoms with Crippen LogP contribution in [0.25, 0.3) is 0 Å². The monoisotopic (exact) mass is 196 g/mol. The van der Waals surface area contributed by atoms with Gasteiger partial charge in [0.1, 0.15) is 5.60 Å². The molecule has 0 aromatic carbocycles. The first-order valence-electron chi connectivity index (χ1n) is 5.23. The van der Waals surface area contributed by atoms with Crippen molar-refractivity contribution in [2.75, 3.05) is 13.1 Å². The SMILES string of the molecule is CC(C)(C)OC(=O)N1C[CH]C2(CC2)C1. The highest BCUT2D eigenvalue weighted by molar-refractivity contribution is 5.69. The van der Waals surface area contributed by atoms with Crippen LogP contribution in [0.4, 0.5) is 4.79 Å². The standard InChI is InChI=1S/C11H18NO2/c1-10(2,3)14-9(13)12-7-6-11(8-12)4-5-11/h6H,4-5,7-8H2,1-3H3. The number of ether oxygens (including phenoxy) is 1. The van der Waals surface area contributed by atoms with Gasteiger partial charge in [0.05, 0.1) is 0 Å². The fourth-order valence-corrected chi connectivity index (χ4v) is 1.80. The molecule has 0 aromatic rings. The summed E-state index contributed by atoms with van der Waals surface area (Å²) in [5.41, 5.74) is -0.00665. The molecule has 1 radical (unpaired) electrons. The largest absolute Gasteiger partial charge is 0.444 e. The summed E-state index contributed by atoms with van der Waals surface area (Å²) < 4.78 is 5.31. The van der Waals surface area contributed by atoms with E-state index in [9.17, 15) is 4.79 Å². The lowest BCUT2D eigenvalue weighted by Gasteiger charge is -2.24. The summed E-state index contributed by atoms with van der Waals surface area (Å²) in [7, 11) is 0. The lowest BCUT2D eigenvalue weighted by Crippen LogP contribution is -2.35. The van der Waals surface area contributed by atoms with E-state index in [-0.39, 0.29) is 11.7 Å². The molecule has 3 heteroatoms. The second kappa shape index (κ2) is 2.88. The molecular weight excluding hydrogens is 178 g/mol. The van der Waals surface area contributed by atoms with Gasteiger partial charge >= 0.3 is 6.09 Å². The highest BCUT2D eigenvalue weighted by Gasteiger charge is 2.49. The van der Waals surface area contributed by atoms with Crippen LogP contribution in [0.2, 0.25) is 0 Å². The van der Waals surface area contributed by atoms with Crippen LogP contribution in [-0.4, -0.2) is 29.7 Å². The molecule has 0 aromatic heterocycles. The van der Waals surface area contributed by atoms with Crippen molar-refractivity contribution in [3.8, 4) is 0 Å². The second-order valence-electron chi connectivity index (χ2n) is 5.43. The van der Waals surface area contributed by atoms with E-state index in [1.54, 1.807) is 4.90 Å². The predicted octanol–water partition coefficient (Wildman–Crippen LogP) is 2.22. The van der Waals surface area contributed by atoms with Crippen molar-refractivity contribution in [2.45, 2.75) is 39.2 Å². The molecule has 0 N–H and O–H groups in total. The lowest BCUT2D eigenvalue weighted by atomic mass is 10.1. The lowest BCUT2D eigenvalue weighted by molar-refractivity contribution is 0.0287. The Labute approximate surface area is 85.4 Å². The van der Waals surface area contributed by atoms with Crippen LogP contribution in [0.15, 0.2) is 0 Å². The number of likely N-dealkylation sites (tertiary alicyclic amines) is 1. The van der Waals surface area contributed by atoms with E-state index < -0.39 is 0 Å². The van der Waals surface area contributed by atoms with Gasteiger partial charge in [0.15, 0.2) is 0 Å². The van der Waals surface area contributed by atoms with Crippen LogP contribution >= 0.6 is 0 Å². The van der Waals surface area contributed by atoms with Crippen molar-refractivity contribution in [1.82, 2.24) is 4.90 Å². The molecule has 79 valence electrons. The molecule has 2 fully saturated rings. The average molecular weight is 196 g/mol. The molecule has 1 heterocycles. The van der Waals surface area contributed by atoms with Crippen LogP contribution in [0.1, 0.15) is 33.6 Å². The molecule has 0 atom stereocenters. The topological polar surface area (TPSA) is 29.5 Å². The molecule has 1 amide bonds. The minimum absolute atomic E-state index is 0.169. The maximum Gasteiger partial charge on any atom is 0.410 e. The highest BCUT2D eigenvalue weighted by Crippen LogP contribution is 2.52. The van der Waals surface area contributed by atoms with E-state index in [1.165, 1.54) is 12.8 Å². The van der Waals surface area contributed by atoms with Crippen LogP contribution < -0.4 is 0 Å². The van der Waals surface area contributed by atoms with Gasteiger partial charge in [0.25, 0.3) is 0 Å². The normalized spacial score (nSPS) is 24.1. The Morgan fingerprint density at radius 3 is 2.50 bits per heavy atom. The molecule has 1 aliphatic heterocycles. The van der Waals surface area contributed by atoms with E-state index in [0.29, 0.717) is 5.41 Å². The Bertz CT molecular complexity index is 251. The van der Waals surface area contributed by atoms with Gasteiger partial charge in [-0.3, -0.25) is 0 Å². The molecule has 1 aliphatic carbocycles. The number of hydrogen-bond acceptors (Lipinski definition) is 2. The number of hydrogen-bond donors (Lipinski definition) is 0. The fraction of sp³-hybridized carbons (Fsp3) is 0.818. The molecule has 0 bridgehead atoms. The Balaban J connectivity index is 1.87. The summed E-state index contributed by atoms with van der Waals surface area (Å²) in [4.78, 5) is 13.5. The van der Waals surface area contributed by atoms with Gasteiger partial charge in [-0.1, -0.05) is 0 Å². The van der Waals surface area contributed by atoms with E-state index in [2.05, 4.69) is 6.42 Å². The second-order valence-corrected chi connectivity index (χ2v) is 5.43. The van der Waals surface area contributed by atoms with Crippen molar-refractivity contribution in [3.63, 3.8) is 0 Å². The zero-order valence-corrected chi connectivity index (χ0v) is 9.17. The predicted molar refractivity (Wildman–Crippen MR) is 53.8 cm³/mol. The van der Waals surface area contributed by atoms with Crippen LogP contribution in [0.3, 0.4) is 0 Å². The van der Waals surface area contributed by atoms with Gasteiger partial charge in [-0.2, -0.15) is 0 Å². The first-order valence-corrected chi connectivity index (χ1v) is 5.23. The molecule has 3 nitrogen and oxygen atoms in total. The van der Waals surface area contributed by atoms with Crippen molar-refractivity contribution >= 4 is 6.09 Å². The van der Waals surface area contributed by atoms with Crippen molar-refractivity contribution in [3.05, 3.63) is 6.42 Å². The molecule has 0 unspecified atom stereocenters. The maximum atomic E-state index is 11.7. The fourth-order valence-electron chi connectivity index (χ4n) is 1.80. The van der Waals surface area contributed by atoms with Crippen molar-refractivity contribution in [1.29, 1.82) is 0 Å². The smallest absolute Gasteiger partial charge is 0.410 e. The van der Waals surface area contributed by atoms with E-state index >= 15 is 0 Å². The third-order valence-corrected chi connectivity index (χ3v) is 2.79. The first kappa shape index (κ1) is 9.81. The zero-order valence-electron chi connectivity index (χ0n) is 9.17. The molecule has 1 saturated carbocycles. The van der Waals surface area contributed by atoms with Gasteiger partial charge in [-0.05, 0) is 45.4 Å². The summed E-state index contributed by atoms with van der Waals surface area (Å²) in [6.45, 7) is 7.32. The average Bonchev–Trinajstić information content (AvgIpc) is 2.57. The summed E-state index contributed by atoms with van der Waals surface area (Å²) in [5.74, 6) is 0. The number of amides is 1. The number of rotatable bonds is 0. The maximum absolute atomic E-state index is 11.7. The summed E-state index contributed by atoms with van der Waals surface area (Å²) in [5, 5.41) is 0. The zero-order chi connectivity index (χ0) is 10.4. The van der Waals surface area contributed by atoms with Gasteiger partial charge in [-0.15, -0.1) is 0 Å². The summed E-state index contributed by atoms with van der Waals surface area (Å²) in [6.07, 6.45) is 4.58. The van der Waals surface area contributed by atoms with Gasteiger partial charge in [0.2, 0.25) is 0 Å². The van der Waals surface area contributed by atoms with Gasteiger partial charge in [-0.25, -0.2) is 4.79 Å².